The summed E-state index contributed by atoms with van der Waals surface area (Å²) in [5.74, 6) is 0.329. The summed E-state index contributed by atoms with van der Waals surface area (Å²) in [4.78, 5) is 28.6. The van der Waals surface area contributed by atoms with Crippen LogP contribution in [0.15, 0.2) is 45.9 Å². The third-order valence-electron chi connectivity index (χ3n) is 3.67. The predicted octanol–water partition coefficient (Wildman–Crippen LogP) is 3.67. The maximum atomic E-state index is 12.7. The minimum Gasteiger partial charge on any atom is -0.455 e. The Balaban J connectivity index is 2.46. The molecule has 0 aliphatic rings. The number of ketones is 1. The van der Waals surface area contributed by atoms with Crippen LogP contribution in [0.25, 0.3) is 22.3 Å². The van der Waals surface area contributed by atoms with Crippen molar-refractivity contribution in [2.75, 3.05) is 0 Å². The van der Waals surface area contributed by atoms with Crippen LogP contribution in [0.3, 0.4) is 0 Å². The zero-order valence-electron chi connectivity index (χ0n) is 12.6. The van der Waals surface area contributed by atoms with Crippen LogP contribution in [0.4, 0.5) is 0 Å². The second kappa shape index (κ2) is 5.22. The van der Waals surface area contributed by atoms with Gasteiger partial charge in [-0.05, 0) is 50.6 Å². The van der Waals surface area contributed by atoms with Crippen LogP contribution < -0.4 is 5.43 Å². The van der Waals surface area contributed by atoms with E-state index in [1.54, 1.807) is 37.5 Å². The molecule has 3 rings (SSSR count). The number of carbonyl (C=O) groups is 1. The quantitative estimate of drug-likeness (QED) is 0.676. The van der Waals surface area contributed by atoms with Gasteiger partial charge in [-0.3, -0.25) is 14.6 Å². The van der Waals surface area contributed by atoms with E-state index in [-0.39, 0.29) is 11.2 Å². The third-order valence-corrected chi connectivity index (χ3v) is 3.67. The van der Waals surface area contributed by atoms with Gasteiger partial charge in [0.25, 0.3) is 0 Å². The molecule has 0 N–H and O–H groups in total. The van der Waals surface area contributed by atoms with Gasteiger partial charge in [0, 0.05) is 23.5 Å². The van der Waals surface area contributed by atoms with Crippen LogP contribution in [0.5, 0.6) is 0 Å². The highest BCUT2D eigenvalue weighted by molar-refractivity contribution is 6.05. The van der Waals surface area contributed by atoms with Gasteiger partial charge in [0.05, 0.1) is 10.9 Å². The molecule has 22 heavy (non-hydrogen) atoms. The van der Waals surface area contributed by atoms with Crippen LogP contribution in [-0.4, -0.2) is 10.8 Å². The van der Waals surface area contributed by atoms with E-state index >= 15 is 0 Å². The maximum Gasteiger partial charge on any atom is 0.196 e. The first kappa shape index (κ1) is 14.2. The Hall–Kier alpha value is -2.75. The van der Waals surface area contributed by atoms with Crippen LogP contribution >= 0.6 is 0 Å². The van der Waals surface area contributed by atoms with Crippen LogP contribution in [0.1, 0.15) is 28.4 Å². The number of hydrogen-bond acceptors (Lipinski definition) is 4. The number of aryl methyl sites for hydroxylation is 1. The first-order chi connectivity index (χ1) is 10.5. The molecule has 0 bridgehead atoms. The summed E-state index contributed by atoms with van der Waals surface area (Å²) in [6.07, 6.45) is 3.29. The summed E-state index contributed by atoms with van der Waals surface area (Å²) in [6.45, 7) is 5.05. The van der Waals surface area contributed by atoms with Crippen molar-refractivity contribution in [1.82, 2.24) is 4.98 Å². The molecule has 110 valence electrons. The normalized spacial score (nSPS) is 10.9. The molecule has 0 amide bonds. The van der Waals surface area contributed by atoms with E-state index in [0.29, 0.717) is 33.4 Å². The average molecular weight is 293 g/mol. The molecule has 0 aliphatic carbocycles. The minimum atomic E-state index is -0.127. The molecule has 0 spiro atoms. The smallest absolute Gasteiger partial charge is 0.196 e. The van der Waals surface area contributed by atoms with Crippen molar-refractivity contribution < 1.29 is 9.21 Å². The monoisotopic (exact) mass is 293 g/mol. The highest BCUT2D eigenvalue weighted by Crippen LogP contribution is 2.27. The van der Waals surface area contributed by atoms with Gasteiger partial charge in [0.2, 0.25) is 0 Å². The molecular weight excluding hydrogens is 278 g/mol. The number of pyridine rings is 1. The molecule has 3 aromatic rings. The van der Waals surface area contributed by atoms with E-state index in [4.69, 9.17) is 4.42 Å². The van der Waals surface area contributed by atoms with E-state index in [9.17, 15) is 9.59 Å². The summed E-state index contributed by atoms with van der Waals surface area (Å²) < 4.78 is 5.95. The summed E-state index contributed by atoms with van der Waals surface area (Å²) in [5, 5.41) is 0.440. The number of rotatable bonds is 2. The number of hydrogen-bond donors (Lipinski definition) is 0. The lowest BCUT2D eigenvalue weighted by Gasteiger charge is -2.10. The summed E-state index contributed by atoms with van der Waals surface area (Å²) in [6, 6.07) is 7.11. The topological polar surface area (TPSA) is 60.2 Å². The molecule has 0 fully saturated rings. The molecular formula is C18H15NO3. The summed E-state index contributed by atoms with van der Waals surface area (Å²) >= 11 is 0. The van der Waals surface area contributed by atoms with Gasteiger partial charge in [-0.2, -0.15) is 0 Å². The third kappa shape index (κ3) is 2.22. The van der Waals surface area contributed by atoms with Crippen molar-refractivity contribution in [3.05, 3.63) is 63.6 Å². The van der Waals surface area contributed by atoms with E-state index < -0.39 is 0 Å². The highest BCUT2D eigenvalue weighted by atomic mass is 16.3. The Morgan fingerprint density at radius 3 is 2.64 bits per heavy atom. The molecule has 2 aromatic heterocycles. The molecule has 0 saturated carbocycles. The fraction of sp³-hybridized carbons (Fsp3) is 0.167. The molecule has 4 heteroatoms. The molecule has 2 heterocycles. The van der Waals surface area contributed by atoms with E-state index in [2.05, 4.69) is 4.98 Å². The van der Waals surface area contributed by atoms with E-state index in [1.165, 1.54) is 6.92 Å². The van der Waals surface area contributed by atoms with Crippen molar-refractivity contribution in [2.24, 2.45) is 0 Å². The largest absolute Gasteiger partial charge is 0.455 e. The summed E-state index contributed by atoms with van der Waals surface area (Å²) in [7, 11) is 0. The van der Waals surface area contributed by atoms with Crippen molar-refractivity contribution in [3.63, 3.8) is 0 Å². The standard InChI is InChI=1S/C18H15NO3/c1-10-7-14(12(3)20)18-15(8-10)16(21)11(2)17(22-18)13-5-4-6-19-9-13/h4-9H,1-3H3. The number of carbonyl (C=O) groups excluding carboxylic acids is 1. The number of benzene rings is 1. The van der Waals surface area contributed by atoms with E-state index in [0.717, 1.165) is 5.56 Å². The second-order valence-corrected chi connectivity index (χ2v) is 5.37. The second-order valence-electron chi connectivity index (χ2n) is 5.37. The zero-order chi connectivity index (χ0) is 15.9. The predicted molar refractivity (Wildman–Crippen MR) is 85.2 cm³/mol. The molecule has 0 unspecified atom stereocenters. The minimum absolute atomic E-state index is 0.119. The van der Waals surface area contributed by atoms with E-state index in [1.807, 2.05) is 13.0 Å². The van der Waals surface area contributed by atoms with Gasteiger partial charge < -0.3 is 4.42 Å². The van der Waals surface area contributed by atoms with Crippen LogP contribution in [-0.2, 0) is 0 Å². The lowest BCUT2D eigenvalue weighted by molar-refractivity contribution is 0.101. The fourth-order valence-corrected chi connectivity index (χ4v) is 2.57. The van der Waals surface area contributed by atoms with Gasteiger partial charge in [0.1, 0.15) is 11.3 Å². The number of Topliss-reactive ketones (excluding diaryl/α,β-unsaturated/α-hetero) is 1. The van der Waals surface area contributed by atoms with Gasteiger partial charge in [0.15, 0.2) is 11.2 Å². The Morgan fingerprint density at radius 2 is 2.00 bits per heavy atom. The summed E-state index contributed by atoms with van der Waals surface area (Å²) in [5.41, 5.74) is 2.74. The van der Waals surface area contributed by atoms with Crippen molar-refractivity contribution in [3.8, 4) is 11.3 Å². The lowest BCUT2D eigenvalue weighted by atomic mass is 10.0. The molecule has 0 radical (unpaired) electrons. The number of fused-ring (bicyclic) bond motifs is 1. The fourth-order valence-electron chi connectivity index (χ4n) is 2.57. The number of nitrogens with zero attached hydrogens (tertiary/aromatic N) is 1. The van der Waals surface area contributed by atoms with Crippen molar-refractivity contribution in [2.45, 2.75) is 20.8 Å². The molecule has 4 nitrogen and oxygen atoms in total. The Labute approximate surface area is 127 Å². The Morgan fingerprint density at radius 1 is 1.23 bits per heavy atom. The maximum absolute atomic E-state index is 12.7. The highest BCUT2D eigenvalue weighted by Gasteiger charge is 2.17. The van der Waals surface area contributed by atoms with Crippen LogP contribution in [0, 0.1) is 13.8 Å². The van der Waals surface area contributed by atoms with Gasteiger partial charge in [-0.15, -0.1) is 0 Å². The average Bonchev–Trinajstić information content (AvgIpc) is 2.51. The van der Waals surface area contributed by atoms with Gasteiger partial charge >= 0.3 is 0 Å². The lowest BCUT2D eigenvalue weighted by Crippen LogP contribution is -2.09. The molecule has 1 aromatic carbocycles. The molecule has 0 aliphatic heterocycles. The first-order valence-electron chi connectivity index (χ1n) is 6.98. The van der Waals surface area contributed by atoms with Crippen molar-refractivity contribution >= 4 is 16.8 Å². The first-order valence-corrected chi connectivity index (χ1v) is 6.98. The molecule has 0 saturated heterocycles. The Bertz CT molecular complexity index is 940. The Kier molecular flexibility index (Phi) is 3.37. The number of aromatic nitrogens is 1. The van der Waals surface area contributed by atoms with Gasteiger partial charge in [-0.25, -0.2) is 0 Å². The SMILES string of the molecule is CC(=O)c1cc(C)cc2c(=O)c(C)c(-c3cccnc3)oc12. The van der Waals surface area contributed by atoms with Crippen LogP contribution in [0.2, 0.25) is 0 Å². The van der Waals surface area contributed by atoms with Crippen molar-refractivity contribution in [1.29, 1.82) is 0 Å². The zero-order valence-corrected chi connectivity index (χ0v) is 12.6. The molecule has 0 atom stereocenters. The van der Waals surface area contributed by atoms with Gasteiger partial charge in [-0.1, -0.05) is 0 Å².